The summed E-state index contributed by atoms with van der Waals surface area (Å²) in [5, 5.41) is 0.703. The molecule has 0 saturated heterocycles. The summed E-state index contributed by atoms with van der Waals surface area (Å²) in [5.74, 6) is -2.19. The number of benzene rings is 2. The van der Waals surface area contributed by atoms with Crippen LogP contribution < -0.4 is 5.73 Å². The highest BCUT2D eigenvalue weighted by Crippen LogP contribution is 2.22. The molecule has 3 rings (SSSR count). The van der Waals surface area contributed by atoms with Crippen LogP contribution in [0.1, 0.15) is 16.1 Å². The van der Waals surface area contributed by atoms with E-state index < -0.39 is 17.4 Å². The van der Waals surface area contributed by atoms with Gasteiger partial charge in [-0.1, -0.05) is 18.2 Å². The van der Waals surface area contributed by atoms with E-state index in [1.165, 1.54) is 6.07 Å². The van der Waals surface area contributed by atoms with Crippen molar-refractivity contribution in [2.45, 2.75) is 0 Å². The van der Waals surface area contributed by atoms with Gasteiger partial charge in [0.15, 0.2) is 0 Å². The molecule has 0 saturated carbocycles. The minimum atomic E-state index is -0.796. The lowest BCUT2D eigenvalue weighted by atomic mass is 10.0. The predicted molar refractivity (Wildman–Crippen MR) is 75.9 cm³/mol. The summed E-state index contributed by atoms with van der Waals surface area (Å²) in [6.45, 7) is 0. The van der Waals surface area contributed by atoms with Crippen LogP contribution in [-0.2, 0) is 0 Å². The number of nitrogen functional groups attached to an aromatic ring is 1. The van der Waals surface area contributed by atoms with Crippen LogP contribution in [0.5, 0.6) is 0 Å². The molecular formula is C16H10F2N2O. The molecule has 3 aromatic rings. The molecule has 0 aliphatic heterocycles. The number of rotatable bonds is 2. The molecule has 5 heteroatoms. The molecule has 3 nitrogen and oxygen atoms in total. The molecule has 21 heavy (non-hydrogen) atoms. The van der Waals surface area contributed by atoms with Gasteiger partial charge in [-0.2, -0.15) is 0 Å². The van der Waals surface area contributed by atoms with Gasteiger partial charge in [0.1, 0.15) is 17.3 Å². The molecule has 0 aliphatic carbocycles. The fourth-order valence-corrected chi connectivity index (χ4v) is 2.13. The van der Waals surface area contributed by atoms with E-state index >= 15 is 0 Å². The number of carbonyl (C=O) groups is 1. The van der Waals surface area contributed by atoms with Crippen molar-refractivity contribution < 1.29 is 13.6 Å². The van der Waals surface area contributed by atoms with Crippen molar-refractivity contribution >= 4 is 22.4 Å². The number of fused-ring (bicyclic) bond motifs is 1. The minimum Gasteiger partial charge on any atom is -0.398 e. The lowest BCUT2D eigenvalue weighted by Crippen LogP contribution is -2.08. The van der Waals surface area contributed by atoms with E-state index in [0.717, 1.165) is 18.2 Å². The minimum absolute atomic E-state index is 0.0179. The standard InChI is InChI=1S/C16H10F2N2O/c17-9-5-6-12(18)11(7-9)16(21)15-8-13(19)10-3-1-2-4-14(10)20-15/h1-8H,(H2,19,20). The zero-order valence-corrected chi connectivity index (χ0v) is 10.8. The number of anilines is 1. The summed E-state index contributed by atoms with van der Waals surface area (Å²) >= 11 is 0. The van der Waals surface area contributed by atoms with Gasteiger partial charge in [-0.05, 0) is 30.3 Å². The third-order valence-corrected chi connectivity index (χ3v) is 3.15. The maximum absolute atomic E-state index is 13.7. The molecule has 1 heterocycles. The van der Waals surface area contributed by atoms with Gasteiger partial charge in [0, 0.05) is 11.1 Å². The average Bonchev–Trinajstić information content (AvgIpc) is 2.49. The molecule has 104 valence electrons. The van der Waals surface area contributed by atoms with Crippen LogP contribution in [0.2, 0.25) is 0 Å². The van der Waals surface area contributed by atoms with Gasteiger partial charge in [0.25, 0.3) is 0 Å². The first-order valence-electron chi connectivity index (χ1n) is 6.21. The highest BCUT2D eigenvalue weighted by Gasteiger charge is 2.17. The fourth-order valence-electron chi connectivity index (χ4n) is 2.13. The second-order valence-corrected chi connectivity index (χ2v) is 4.57. The molecule has 0 fully saturated rings. The number of nitrogens with two attached hydrogens (primary N) is 1. The van der Waals surface area contributed by atoms with Crippen LogP contribution >= 0.6 is 0 Å². The van der Waals surface area contributed by atoms with Crippen molar-refractivity contribution in [2.75, 3.05) is 5.73 Å². The Morgan fingerprint density at radius 3 is 2.62 bits per heavy atom. The van der Waals surface area contributed by atoms with Gasteiger partial charge >= 0.3 is 0 Å². The highest BCUT2D eigenvalue weighted by atomic mass is 19.1. The summed E-state index contributed by atoms with van der Waals surface area (Å²) in [6.07, 6.45) is 0. The molecule has 0 atom stereocenters. The average molecular weight is 284 g/mol. The predicted octanol–water partition coefficient (Wildman–Crippen LogP) is 3.33. The third-order valence-electron chi connectivity index (χ3n) is 3.15. The summed E-state index contributed by atoms with van der Waals surface area (Å²) < 4.78 is 26.9. The monoisotopic (exact) mass is 284 g/mol. The zero-order valence-electron chi connectivity index (χ0n) is 10.8. The molecule has 2 aromatic carbocycles. The van der Waals surface area contributed by atoms with E-state index in [1.807, 2.05) is 0 Å². The number of halogens is 2. The number of carbonyl (C=O) groups excluding carboxylic acids is 1. The fraction of sp³-hybridized carbons (Fsp3) is 0. The lowest BCUT2D eigenvalue weighted by molar-refractivity contribution is 0.103. The van der Waals surface area contributed by atoms with Crippen LogP contribution in [0.3, 0.4) is 0 Å². The number of ketones is 1. The molecule has 1 aromatic heterocycles. The first-order chi connectivity index (χ1) is 10.1. The van der Waals surface area contributed by atoms with Crippen molar-refractivity contribution in [1.29, 1.82) is 0 Å². The number of pyridine rings is 1. The van der Waals surface area contributed by atoms with E-state index in [4.69, 9.17) is 5.73 Å². The number of hydrogen-bond acceptors (Lipinski definition) is 3. The van der Waals surface area contributed by atoms with E-state index in [9.17, 15) is 13.6 Å². The first-order valence-corrected chi connectivity index (χ1v) is 6.21. The molecule has 0 unspecified atom stereocenters. The summed E-state index contributed by atoms with van der Waals surface area (Å²) in [4.78, 5) is 16.5. The van der Waals surface area contributed by atoms with Gasteiger partial charge in [0.2, 0.25) is 5.78 Å². The van der Waals surface area contributed by atoms with Crippen molar-refractivity contribution in [2.24, 2.45) is 0 Å². The number of aromatic nitrogens is 1. The Balaban J connectivity index is 2.16. The van der Waals surface area contributed by atoms with Crippen molar-refractivity contribution in [1.82, 2.24) is 4.98 Å². The van der Waals surface area contributed by atoms with E-state index in [0.29, 0.717) is 16.6 Å². The van der Waals surface area contributed by atoms with Crippen LogP contribution in [0, 0.1) is 11.6 Å². The molecule has 2 N–H and O–H groups in total. The normalized spacial score (nSPS) is 10.8. The molecule has 0 spiro atoms. The van der Waals surface area contributed by atoms with Crippen LogP contribution in [0.25, 0.3) is 10.9 Å². The number of nitrogens with zero attached hydrogens (tertiary/aromatic N) is 1. The number of para-hydroxylation sites is 1. The lowest BCUT2D eigenvalue weighted by Gasteiger charge is -2.06. The quantitative estimate of drug-likeness (QED) is 0.734. The van der Waals surface area contributed by atoms with E-state index in [1.54, 1.807) is 24.3 Å². The third kappa shape index (κ3) is 2.33. The molecular weight excluding hydrogens is 274 g/mol. The van der Waals surface area contributed by atoms with E-state index in [-0.39, 0.29) is 11.3 Å². The van der Waals surface area contributed by atoms with Gasteiger partial charge < -0.3 is 5.73 Å². The second kappa shape index (κ2) is 4.94. The number of hydrogen-bond donors (Lipinski definition) is 1. The molecule has 0 radical (unpaired) electrons. The van der Waals surface area contributed by atoms with Crippen LogP contribution in [-0.4, -0.2) is 10.8 Å². The van der Waals surface area contributed by atoms with E-state index in [2.05, 4.69) is 4.98 Å². The summed E-state index contributed by atoms with van der Waals surface area (Å²) in [6, 6.07) is 11.1. The maximum atomic E-state index is 13.7. The smallest absolute Gasteiger partial charge is 0.214 e. The largest absolute Gasteiger partial charge is 0.398 e. The Hall–Kier alpha value is -2.82. The zero-order chi connectivity index (χ0) is 15.0. The van der Waals surface area contributed by atoms with Gasteiger partial charge in [-0.25, -0.2) is 13.8 Å². The Bertz CT molecular complexity index is 862. The van der Waals surface area contributed by atoms with Gasteiger partial charge in [0.05, 0.1) is 11.1 Å². The van der Waals surface area contributed by atoms with Crippen LogP contribution in [0.4, 0.5) is 14.5 Å². The van der Waals surface area contributed by atoms with Gasteiger partial charge in [-0.15, -0.1) is 0 Å². The molecule has 0 bridgehead atoms. The Morgan fingerprint density at radius 2 is 1.81 bits per heavy atom. The molecule has 0 aliphatic rings. The van der Waals surface area contributed by atoms with Gasteiger partial charge in [-0.3, -0.25) is 4.79 Å². The van der Waals surface area contributed by atoms with Crippen molar-refractivity contribution in [3.05, 3.63) is 71.4 Å². The highest BCUT2D eigenvalue weighted by molar-refractivity contribution is 6.10. The maximum Gasteiger partial charge on any atom is 0.214 e. The van der Waals surface area contributed by atoms with Crippen molar-refractivity contribution in [3.63, 3.8) is 0 Å². The summed E-state index contributed by atoms with van der Waals surface area (Å²) in [7, 11) is 0. The Labute approximate surface area is 119 Å². The Morgan fingerprint density at radius 1 is 1.05 bits per heavy atom. The topological polar surface area (TPSA) is 56.0 Å². The van der Waals surface area contributed by atoms with Crippen LogP contribution in [0.15, 0.2) is 48.5 Å². The first kappa shape index (κ1) is 13.2. The SMILES string of the molecule is Nc1cc(C(=O)c2cc(F)ccc2F)nc2ccccc12. The second-order valence-electron chi connectivity index (χ2n) is 4.57. The Kier molecular flexibility index (Phi) is 3.10. The molecule has 0 amide bonds. The van der Waals surface area contributed by atoms with Crippen molar-refractivity contribution in [3.8, 4) is 0 Å². The summed E-state index contributed by atoms with van der Waals surface area (Å²) in [5.41, 5.74) is 6.39.